The van der Waals surface area contributed by atoms with Crippen LogP contribution in [0.4, 0.5) is 5.82 Å². The first kappa shape index (κ1) is 12.7. The lowest BCUT2D eigenvalue weighted by atomic mass is 10.2. The third-order valence-corrected chi connectivity index (χ3v) is 3.64. The second kappa shape index (κ2) is 4.48. The largest absolute Gasteiger partial charge is 0.610 e. The maximum Gasteiger partial charge on any atom is 0.268 e. The summed E-state index contributed by atoms with van der Waals surface area (Å²) < 4.78 is 13.1. The molecule has 0 spiro atoms. The monoisotopic (exact) mass is 263 g/mol. The fraction of sp³-hybridized carbons (Fsp3) is 0.364. The molecule has 0 saturated carbocycles. The highest BCUT2D eigenvalue weighted by atomic mass is 32.2. The minimum Gasteiger partial charge on any atom is -0.610 e. The molecule has 6 nitrogen and oxygen atoms in total. The van der Waals surface area contributed by atoms with Crippen LogP contribution in [0.5, 0.6) is 0 Å². The van der Waals surface area contributed by atoms with Gasteiger partial charge in [0.25, 0.3) is 5.03 Å². The molecular weight excluding hydrogens is 250 g/mol. The molecule has 0 amide bonds. The highest BCUT2D eigenvalue weighted by Crippen LogP contribution is 2.24. The molecule has 0 aliphatic rings. The Balaban J connectivity index is 2.92. The molecule has 2 aromatic heterocycles. The number of nitrogen functional groups attached to an aromatic ring is 1. The number of nitrogens with two attached hydrogens (primary N) is 1. The molecule has 2 heterocycles. The lowest BCUT2D eigenvalue weighted by molar-refractivity contribution is 0.596. The van der Waals surface area contributed by atoms with Gasteiger partial charge in [-0.05, 0) is 13.3 Å². The third kappa shape index (κ3) is 1.70. The predicted octanol–water partition coefficient (Wildman–Crippen LogP) is 0.791. The van der Waals surface area contributed by atoms with Gasteiger partial charge in [0.05, 0.1) is 5.69 Å². The fourth-order valence-corrected chi connectivity index (χ4v) is 2.58. The summed E-state index contributed by atoms with van der Waals surface area (Å²) in [5.74, 6) is 0.190. The Kier molecular flexibility index (Phi) is 3.15. The van der Waals surface area contributed by atoms with Crippen molar-refractivity contribution in [2.24, 2.45) is 0 Å². The van der Waals surface area contributed by atoms with Crippen LogP contribution in [-0.2, 0) is 17.6 Å². The van der Waals surface area contributed by atoms with Gasteiger partial charge in [-0.1, -0.05) is 6.92 Å². The summed E-state index contributed by atoms with van der Waals surface area (Å²) in [6.45, 7) is 3.85. The van der Waals surface area contributed by atoms with Crippen molar-refractivity contribution in [3.8, 4) is 6.07 Å². The van der Waals surface area contributed by atoms with Gasteiger partial charge >= 0.3 is 0 Å². The highest BCUT2D eigenvalue weighted by Gasteiger charge is 2.23. The molecule has 0 saturated heterocycles. The van der Waals surface area contributed by atoms with E-state index >= 15 is 0 Å². The van der Waals surface area contributed by atoms with Crippen LogP contribution < -0.4 is 5.73 Å². The van der Waals surface area contributed by atoms with Crippen molar-refractivity contribution in [3.05, 3.63) is 16.8 Å². The van der Waals surface area contributed by atoms with E-state index in [-0.39, 0.29) is 16.4 Å². The van der Waals surface area contributed by atoms with Gasteiger partial charge in [0.15, 0.2) is 17.0 Å². The molecule has 18 heavy (non-hydrogen) atoms. The number of rotatable bonds is 2. The summed E-state index contributed by atoms with van der Waals surface area (Å²) in [7, 11) is 0. The average Bonchev–Trinajstić information content (AvgIpc) is 2.65. The average molecular weight is 263 g/mol. The molecule has 1 unspecified atom stereocenters. The Morgan fingerprint density at radius 3 is 2.72 bits per heavy atom. The van der Waals surface area contributed by atoms with E-state index in [0.717, 1.165) is 17.7 Å². The van der Waals surface area contributed by atoms with Crippen molar-refractivity contribution < 1.29 is 4.55 Å². The lowest BCUT2D eigenvalue weighted by Crippen LogP contribution is -2.12. The first-order valence-corrected chi connectivity index (χ1v) is 6.98. The van der Waals surface area contributed by atoms with Gasteiger partial charge < -0.3 is 10.3 Å². The summed E-state index contributed by atoms with van der Waals surface area (Å²) in [4.78, 5) is 4.30. The van der Waals surface area contributed by atoms with Crippen LogP contribution in [0, 0.1) is 18.3 Å². The zero-order valence-electron chi connectivity index (χ0n) is 10.4. The number of anilines is 1. The van der Waals surface area contributed by atoms with E-state index in [2.05, 4.69) is 10.1 Å². The molecule has 0 aliphatic carbocycles. The number of hydrogen-bond donors (Lipinski definition) is 1. The summed E-state index contributed by atoms with van der Waals surface area (Å²) in [6, 6.07) is 1.94. The third-order valence-electron chi connectivity index (χ3n) is 2.80. The first-order valence-electron chi connectivity index (χ1n) is 5.42. The lowest BCUT2D eigenvalue weighted by Gasteiger charge is -2.08. The van der Waals surface area contributed by atoms with Crippen LogP contribution in [0.2, 0.25) is 0 Å². The standard InChI is InChI=1S/C11H13N5OS/c1-4-7-6(2)15-16-9(13)8(5-12)11(18(3)17)14-10(7)16/h4,13H2,1-3H3. The molecule has 0 fully saturated rings. The van der Waals surface area contributed by atoms with Crippen LogP contribution in [0.1, 0.15) is 23.7 Å². The normalized spacial score (nSPS) is 12.6. The summed E-state index contributed by atoms with van der Waals surface area (Å²) in [5.41, 5.74) is 8.40. The number of hydrogen-bond acceptors (Lipinski definition) is 5. The zero-order valence-corrected chi connectivity index (χ0v) is 11.2. The molecule has 0 aromatic carbocycles. The van der Waals surface area contributed by atoms with Crippen LogP contribution in [0.3, 0.4) is 0 Å². The molecule has 2 N–H and O–H groups in total. The first-order chi connectivity index (χ1) is 8.51. The van der Waals surface area contributed by atoms with E-state index in [0.29, 0.717) is 5.65 Å². The van der Waals surface area contributed by atoms with Crippen molar-refractivity contribution in [1.29, 1.82) is 5.26 Å². The predicted molar refractivity (Wildman–Crippen MR) is 68.6 cm³/mol. The fourth-order valence-electron chi connectivity index (χ4n) is 1.92. The van der Waals surface area contributed by atoms with Crippen molar-refractivity contribution in [2.45, 2.75) is 25.3 Å². The molecule has 2 aromatic rings. The minimum atomic E-state index is -1.36. The second-order valence-corrected chi connectivity index (χ2v) is 5.19. The summed E-state index contributed by atoms with van der Waals surface area (Å²) in [6.07, 6.45) is 2.23. The van der Waals surface area contributed by atoms with E-state index in [4.69, 9.17) is 11.0 Å². The van der Waals surface area contributed by atoms with Crippen molar-refractivity contribution in [3.63, 3.8) is 0 Å². The molecule has 7 heteroatoms. The summed E-state index contributed by atoms with van der Waals surface area (Å²) in [5, 5.41) is 13.6. The number of fused-ring (bicyclic) bond motifs is 1. The van der Waals surface area contributed by atoms with Gasteiger partial charge in [-0.3, -0.25) is 0 Å². The topological polar surface area (TPSA) is 103 Å². The van der Waals surface area contributed by atoms with Gasteiger partial charge in [-0.2, -0.15) is 19.9 Å². The number of nitriles is 1. The molecule has 94 valence electrons. The van der Waals surface area contributed by atoms with Crippen LogP contribution in [-0.4, -0.2) is 25.4 Å². The van der Waals surface area contributed by atoms with Crippen molar-refractivity contribution in [1.82, 2.24) is 14.6 Å². The highest BCUT2D eigenvalue weighted by molar-refractivity contribution is 7.90. The number of aromatic nitrogens is 3. The van der Waals surface area contributed by atoms with E-state index < -0.39 is 11.2 Å². The van der Waals surface area contributed by atoms with E-state index in [1.807, 2.05) is 19.9 Å². The molecule has 2 rings (SSSR count). The molecule has 0 aliphatic heterocycles. The van der Waals surface area contributed by atoms with Gasteiger partial charge in [0.1, 0.15) is 12.3 Å². The van der Waals surface area contributed by atoms with Gasteiger partial charge in [-0.25, -0.2) is 0 Å². The van der Waals surface area contributed by atoms with Crippen LogP contribution in [0.15, 0.2) is 5.03 Å². The second-order valence-electron chi connectivity index (χ2n) is 3.90. The van der Waals surface area contributed by atoms with Crippen LogP contribution >= 0.6 is 0 Å². The SMILES string of the molecule is CCc1c(C)nn2c(N)c(C#N)c([S+](C)[O-])nc12. The van der Waals surface area contributed by atoms with Crippen molar-refractivity contribution in [2.75, 3.05) is 12.0 Å². The quantitative estimate of drug-likeness (QED) is 0.637. The molecule has 0 bridgehead atoms. The van der Waals surface area contributed by atoms with E-state index in [1.165, 1.54) is 10.8 Å². The Morgan fingerprint density at radius 1 is 1.56 bits per heavy atom. The molecule has 1 atom stereocenters. The zero-order chi connectivity index (χ0) is 13.4. The smallest absolute Gasteiger partial charge is 0.268 e. The van der Waals surface area contributed by atoms with Gasteiger partial charge in [0.2, 0.25) is 0 Å². The molecule has 0 radical (unpaired) electrons. The van der Waals surface area contributed by atoms with E-state index in [1.54, 1.807) is 0 Å². The minimum absolute atomic E-state index is 0.133. The maximum atomic E-state index is 11.6. The Bertz CT molecular complexity index is 656. The van der Waals surface area contributed by atoms with E-state index in [9.17, 15) is 4.55 Å². The molecular formula is C11H13N5OS. The Morgan fingerprint density at radius 2 is 2.22 bits per heavy atom. The maximum absolute atomic E-state index is 11.6. The van der Waals surface area contributed by atoms with Crippen LogP contribution in [0.25, 0.3) is 5.65 Å². The Hall–Kier alpha value is -1.78. The number of nitrogens with zero attached hydrogens (tertiary/aromatic N) is 4. The number of aryl methyl sites for hydroxylation is 2. The van der Waals surface area contributed by atoms with Crippen molar-refractivity contribution >= 4 is 22.6 Å². The van der Waals surface area contributed by atoms with Gasteiger partial charge in [0, 0.05) is 16.7 Å². The summed E-state index contributed by atoms with van der Waals surface area (Å²) >= 11 is -1.36. The van der Waals surface area contributed by atoms with Gasteiger partial charge in [-0.15, -0.1) is 0 Å². The Labute approximate surface area is 108 Å².